The maximum Gasteiger partial charge on any atom is 0.314 e. The van der Waals surface area contributed by atoms with Crippen LogP contribution in [0.1, 0.15) is 39.9 Å². The summed E-state index contributed by atoms with van der Waals surface area (Å²) in [6.45, 7) is 4.51. The Morgan fingerprint density at radius 1 is 1.00 bits per heavy atom. The van der Waals surface area contributed by atoms with E-state index in [0.29, 0.717) is 31.5 Å². The summed E-state index contributed by atoms with van der Waals surface area (Å²) in [5.74, 6) is -1.35. The van der Waals surface area contributed by atoms with Gasteiger partial charge < -0.3 is 15.3 Å². The molecule has 0 bridgehead atoms. The Hall–Kier alpha value is -3.15. The van der Waals surface area contributed by atoms with Gasteiger partial charge in [0, 0.05) is 18.7 Å². The highest BCUT2D eigenvalue weighted by atomic mass is 16.4. The summed E-state index contributed by atoms with van der Waals surface area (Å²) in [6.07, 6.45) is 0.701. The van der Waals surface area contributed by atoms with E-state index in [2.05, 4.69) is 5.32 Å². The molecule has 6 heteroatoms. The first-order valence-electron chi connectivity index (χ1n) is 9.75. The van der Waals surface area contributed by atoms with Crippen LogP contribution in [0.5, 0.6) is 0 Å². The number of piperidine rings is 1. The molecule has 0 spiro atoms. The molecule has 6 nitrogen and oxygen atoms in total. The Balaban J connectivity index is 1.59. The van der Waals surface area contributed by atoms with Gasteiger partial charge in [-0.3, -0.25) is 14.4 Å². The van der Waals surface area contributed by atoms with Crippen LogP contribution in [0.2, 0.25) is 0 Å². The second-order valence-electron chi connectivity index (χ2n) is 7.62. The molecule has 2 aromatic rings. The fraction of sp³-hybridized carbons (Fsp3) is 0.348. The van der Waals surface area contributed by atoms with E-state index in [1.54, 1.807) is 17.0 Å². The van der Waals surface area contributed by atoms with Crippen molar-refractivity contribution in [2.24, 2.45) is 0 Å². The van der Waals surface area contributed by atoms with Crippen LogP contribution in [0, 0.1) is 13.8 Å². The van der Waals surface area contributed by atoms with Crippen LogP contribution in [0.15, 0.2) is 48.5 Å². The van der Waals surface area contributed by atoms with Gasteiger partial charge in [0.2, 0.25) is 5.91 Å². The number of carboxylic acid groups (broad SMARTS) is 1. The molecule has 29 heavy (non-hydrogen) atoms. The maximum atomic E-state index is 12.5. The predicted octanol–water partition coefficient (Wildman–Crippen LogP) is 2.68. The first kappa shape index (κ1) is 20.6. The molecule has 1 heterocycles. The van der Waals surface area contributed by atoms with Gasteiger partial charge in [-0.2, -0.15) is 0 Å². The molecule has 2 N–H and O–H groups in total. The lowest BCUT2D eigenvalue weighted by molar-refractivity contribution is -0.148. The predicted molar refractivity (Wildman–Crippen MR) is 110 cm³/mol. The van der Waals surface area contributed by atoms with E-state index in [0.717, 1.165) is 16.7 Å². The first-order chi connectivity index (χ1) is 13.8. The molecule has 0 unspecified atom stereocenters. The lowest BCUT2D eigenvalue weighted by atomic mass is 9.73. The minimum atomic E-state index is -0.972. The number of hydrogen-bond acceptors (Lipinski definition) is 3. The Labute approximate surface area is 170 Å². The summed E-state index contributed by atoms with van der Waals surface area (Å²) in [5, 5.41) is 12.5. The third kappa shape index (κ3) is 4.31. The van der Waals surface area contributed by atoms with Gasteiger partial charge in [-0.05, 0) is 55.5 Å². The zero-order valence-electron chi connectivity index (χ0n) is 16.8. The summed E-state index contributed by atoms with van der Waals surface area (Å²) in [6, 6.07) is 14.6. The molecule has 2 amide bonds. The minimum Gasteiger partial charge on any atom is -0.481 e. The Bertz CT molecular complexity index is 916. The average molecular weight is 394 g/mol. The summed E-state index contributed by atoms with van der Waals surface area (Å²) in [7, 11) is 0. The summed E-state index contributed by atoms with van der Waals surface area (Å²) in [5.41, 5.74) is 2.44. The molecule has 1 aliphatic rings. The van der Waals surface area contributed by atoms with E-state index in [1.165, 1.54) is 0 Å². The number of aliphatic carboxylic acids is 1. The van der Waals surface area contributed by atoms with E-state index in [-0.39, 0.29) is 18.4 Å². The quantitative estimate of drug-likeness (QED) is 0.816. The Morgan fingerprint density at radius 3 is 2.24 bits per heavy atom. The molecule has 3 rings (SSSR count). The number of nitrogens with one attached hydrogen (secondary N) is 1. The summed E-state index contributed by atoms with van der Waals surface area (Å²) >= 11 is 0. The highest BCUT2D eigenvalue weighted by Gasteiger charge is 2.43. The van der Waals surface area contributed by atoms with Gasteiger partial charge in [-0.1, -0.05) is 36.4 Å². The second kappa shape index (κ2) is 8.47. The van der Waals surface area contributed by atoms with Crippen LogP contribution in [0.3, 0.4) is 0 Å². The standard InChI is InChI=1S/C23H26N2O4/c1-16-8-9-18(14-17(16)2)21(27)24-15-20(26)25-12-10-23(11-13-25,22(28)29)19-6-4-3-5-7-19/h3-9,14H,10-13,15H2,1-2H3,(H,24,27)(H,28,29). The van der Waals surface area contributed by atoms with Crippen molar-refractivity contribution >= 4 is 17.8 Å². The van der Waals surface area contributed by atoms with Crippen LogP contribution < -0.4 is 5.32 Å². The summed E-state index contributed by atoms with van der Waals surface area (Å²) in [4.78, 5) is 38.5. The number of nitrogens with zero attached hydrogens (tertiary/aromatic N) is 1. The number of aryl methyl sites for hydroxylation is 2. The van der Waals surface area contributed by atoms with Crippen LogP contribution in [-0.4, -0.2) is 47.4 Å². The van der Waals surface area contributed by atoms with Gasteiger partial charge in [-0.15, -0.1) is 0 Å². The van der Waals surface area contributed by atoms with Gasteiger partial charge in [-0.25, -0.2) is 0 Å². The molecule has 0 aliphatic carbocycles. The number of rotatable bonds is 5. The molecule has 1 aliphatic heterocycles. The van der Waals surface area contributed by atoms with Crippen LogP contribution in [0.25, 0.3) is 0 Å². The monoisotopic (exact) mass is 394 g/mol. The normalized spacial score (nSPS) is 15.6. The average Bonchev–Trinajstić information content (AvgIpc) is 2.74. The van der Waals surface area contributed by atoms with Gasteiger partial charge >= 0.3 is 5.97 Å². The fourth-order valence-corrected chi connectivity index (χ4v) is 3.77. The zero-order valence-corrected chi connectivity index (χ0v) is 16.8. The van der Waals surface area contributed by atoms with Crippen LogP contribution in [0.4, 0.5) is 0 Å². The number of carbonyl (C=O) groups excluding carboxylic acids is 2. The van der Waals surface area contributed by atoms with Crippen molar-refractivity contribution in [3.05, 3.63) is 70.8 Å². The largest absolute Gasteiger partial charge is 0.481 e. The van der Waals surface area contributed by atoms with Crippen molar-refractivity contribution in [2.75, 3.05) is 19.6 Å². The summed E-state index contributed by atoms with van der Waals surface area (Å²) < 4.78 is 0. The fourth-order valence-electron chi connectivity index (χ4n) is 3.77. The van der Waals surface area contributed by atoms with Gasteiger partial charge in [0.15, 0.2) is 0 Å². The van der Waals surface area contributed by atoms with Crippen molar-refractivity contribution < 1.29 is 19.5 Å². The molecule has 0 aromatic heterocycles. The second-order valence-corrected chi connectivity index (χ2v) is 7.62. The van der Waals surface area contributed by atoms with Crippen molar-refractivity contribution in [3.63, 3.8) is 0 Å². The van der Waals surface area contributed by atoms with E-state index < -0.39 is 11.4 Å². The van der Waals surface area contributed by atoms with Crippen LogP contribution >= 0.6 is 0 Å². The number of carbonyl (C=O) groups is 3. The smallest absolute Gasteiger partial charge is 0.314 e. The van der Waals surface area contributed by atoms with Crippen molar-refractivity contribution in [2.45, 2.75) is 32.1 Å². The van der Waals surface area contributed by atoms with Gasteiger partial charge in [0.1, 0.15) is 0 Å². The number of benzene rings is 2. The Kier molecular flexibility index (Phi) is 6.01. The lowest BCUT2D eigenvalue weighted by Crippen LogP contribution is -2.51. The van der Waals surface area contributed by atoms with Crippen LogP contribution in [-0.2, 0) is 15.0 Å². The molecular weight excluding hydrogens is 368 g/mol. The van der Waals surface area contributed by atoms with Gasteiger partial charge in [0.25, 0.3) is 5.91 Å². The third-order valence-corrected chi connectivity index (χ3v) is 5.87. The zero-order chi connectivity index (χ0) is 21.0. The molecular formula is C23H26N2O4. The van der Waals surface area contributed by atoms with Gasteiger partial charge in [0.05, 0.1) is 12.0 Å². The van der Waals surface area contributed by atoms with Crippen molar-refractivity contribution in [3.8, 4) is 0 Å². The topological polar surface area (TPSA) is 86.7 Å². The number of amides is 2. The highest BCUT2D eigenvalue weighted by molar-refractivity contribution is 5.96. The number of carboxylic acids is 1. The Morgan fingerprint density at radius 2 is 1.66 bits per heavy atom. The third-order valence-electron chi connectivity index (χ3n) is 5.87. The molecule has 0 atom stereocenters. The SMILES string of the molecule is Cc1ccc(C(=O)NCC(=O)N2CCC(C(=O)O)(c3ccccc3)CC2)cc1C. The molecule has 0 radical (unpaired) electrons. The number of likely N-dealkylation sites (tertiary alicyclic amines) is 1. The van der Waals surface area contributed by atoms with Crippen molar-refractivity contribution in [1.29, 1.82) is 0 Å². The molecule has 0 saturated carbocycles. The van der Waals surface area contributed by atoms with E-state index in [9.17, 15) is 19.5 Å². The first-order valence-corrected chi connectivity index (χ1v) is 9.75. The maximum absolute atomic E-state index is 12.5. The molecule has 2 aromatic carbocycles. The van der Waals surface area contributed by atoms with E-state index >= 15 is 0 Å². The molecule has 1 fully saturated rings. The number of hydrogen-bond donors (Lipinski definition) is 2. The minimum absolute atomic E-state index is 0.100. The highest BCUT2D eigenvalue weighted by Crippen LogP contribution is 2.35. The molecule has 152 valence electrons. The molecule has 1 saturated heterocycles. The van der Waals surface area contributed by atoms with E-state index in [4.69, 9.17) is 0 Å². The van der Waals surface area contributed by atoms with Crippen molar-refractivity contribution in [1.82, 2.24) is 10.2 Å². The lowest BCUT2D eigenvalue weighted by Gasteiger charge is -2.39. The van der Waals surface area contributed by atoms with E-state index in [1.807, 2.05) is 50.2 Å².